The first-order valence-electron chi connectivity index (χ1n) is 59.3. The predicted octanol–water partition coefficient (Wildman–Crippen LogP) is 39.3. The van der Waals surface area contributed by atoms with Crippen LogP contribution >= 0.6 is 0 Å². The number of rotatable bonds is 13. The van der Waals surface area contributed by atoms with E-state index in [1.165, 1.54) is 5.56 Å². The van der Waals surface area contributed by atoms with Crippen molar-refractivity contribution in [2.75, 3.05) is 0 Å². The third-order valence-electron chi connectivity index (χ3n) is 26.6. The summed E-state index contributed by atoms with van der Waals surface area (Å²) in [4.78, 5) is 0. The topological polar surface area (TPSA) is 39.4 Å². The average Bonchev–Trinajstić information content (AvgIpc) is 1.39. The van der Waals surface area contributed by atoms with Gasteiger partial charge in [0.2, 0.25) is 0 Å². The fourth-order valence-electron chi connectivity index (χ4n) is 20.4. The van der Waals surface area contributed by atoms with E-state index in [9.17, 15) is 2.74 Å². The number of furan rings is 3. The summed E-state index contributed by atoms with van der Waals surface area (Å²) in [7, 11) is 0. The van der Waals surface area contributed by atoms with Crippen LogP contribution in [0.25, 0.3) is 275 Å². The van der Waals surface area contributed by atoms with Gasteiger partial charge >= 0.3 is 0 Å². The van der Waals surface area contributed by atoms with E-state index in [0.29, 0.717) is 43.8 Å². The molecular weight excluding hydrogens is 1710 g/mol. The molecule has 25 aromatic carbocycles. The standard InChI is InChI=1S/2C50H32O.C38H24O/c1-4-15-33(16-5-1)36-21-14-22-37(29-36)39-31-44(34-17-6-2-7-18-34)50-46(32-39)45-30-38(27-28-47(45)51-50)49-42-25-12-10-23-40(42)48(35-19-8-3-9-20-35)41-24-11-13-26-43(41)49;1-4-14-33(15-5-1)34-24-26-35(27-25-34)39-29-30-44-45-32-38(28-31-46(45)51-50(44)49(39)37-18-8-3-9-19-37)48-42-22-12-10-20-40(42)47(36-16-6-2-7-17-36)41-21-11-13-23-43(41)48;1-3-11-25(12-4-1)27-19-21-29-34-23-28(20-22-35(34)39-36(29)24-27)38-32-17-9-7-15-30(32)37(26-13-5-2-6-14-26)31-16-8-10-18-33(31)38/h2*1-32H;1-24H/i3D,8D,9D,19D,20D;2D,6D,7D,16D,17D;1D,2D,3D,4D,5D,6D,11D,12D,13D,14D,19D,20D,21D,22D,23D,24D. The van der Waals surface area contributed by atoms with E-state index in [1.54, 1.807) is 48.5 Å². The summed E-state index contributed by atoms with van der Waals surface area (Å²) in [5, 5.41) is 12.3. The molecule has 0 radical (unpaired) electrons. The third kappa shape index (κ3) is 15.0. The van der Waals surface area contributed by atoms with Crippen molar-refractivity contribution in [1.29, 1.82) is 0 Å². The van der Waals surface area contributed by atoms with E-state index in [-0.39, 0.29) is 98.6 Å². The Kier molecular flexibility index (Phi) is 15.2. The molecule has 3 heteroatoms. The Morgan fingerprint density at radius 1 is 0.128 bits per heavy atom. The van der Waals surface area contributed by atoms with Gasteiger partial charge in [-0.3, -0.25) is 0 Å². The van der Waals surface area contributed by atoms with Crippen LogP contribution < -0.4 is 0 Å². The van der Waals surface area contributed by atoms with Crippen molar-refractivity contribution >= 4 is 130 Å². The quantitative estimate of drug-likeness (QED) is 0.108. The first-order chi connectivity index (χ1) is 80.8. The van der Waals surface area contributed by atoms with Gasteiger partial charge in [0, 0.05) is 43.4 Å². The van der Waals surface area contributed by atoms with Gasteiger partial charge in [-0.1, -0.05) is 461 Å². The van der Waals surface area contributed by atoms with Gasteiger partial charge in [-0.05, 0) is 271 Å². The number of fused-ring (bicyclic) bond motifs is 15. The first kappa shape index (κ1) is 60.0. The SMILES string of the molecule is [2H]c1c([2H])c([2H])c(-c2c([2H])c([2H])c3c(oc4c([2H])c([2H])c(-c5c6ccccc6c(-c6c([2H])c([2H])c([2H])c([2H])c6[2H])c6ccccc56)c([2H])c43)c2[2H])c([2H])c1[2H].[2H]c1c([2H])c([2H])c(-c2c3ccccc3c(-c3ccc4oc5c(-c6ccccc6)c(-c6ccc(-c7ccccc7)cc6)ccc5c4c3)c3ccccc23)c([2H])c1[2H].[2H]c1c([2H])c([2H])c(-c2c3ccccc3c(-c3ccc4oc5c(-c6ccccc6)cc(-c6cccc(-c7ccccc7)c6)cc5c4c3)c3ccccc23)c([2H])c1[2H]. The van der Waals surface area contributed by atoms with E-state index in [1.807, 2.05) is 109 Å². The van der Waals surface area contributed by atoms with Gasteiger partial charge in [-0.25, -0.2) is 0 Å². The van der Waals surface area contributed by atoms with Gasteiger partial charge in [-0.2, -0.15) is 0 Å². The Bertz CT molecular complexity index is 11200. The van der Waals surface area contributed by atoms with Crippen molar-refractivity contribution in [3.8, 4) is 145 Å². The van der Waals surface area contributed by atoms with Crippen LogP contribution in [0.15, 0.2) is 546 Å². The fourth-order valence-corrected chi connectivity index (χ4v) is 20.4. The molecule has 0 amide bonds. The lowest BCUT2D eigenvalue weighted by molar-refractivity contribution is 0.669. The number of hydrogen-bond acceptors (Lipinski definition) is 3. The van der Waals surface area contributed by atoms with E-state index in [4.69, 9.17) is 46.1 Å². The van der Waals surface area contributed by atoms with Crippen LogP contribution in [0.2, 0.25) is 0 Å². The Labute approximate surface area is 852 Å². The summed E-state index contributed by atoms with van der Waals surface area (Å²) in [5.41, 5.74) is 20.9. The van der Waals surface area contributed by atoms with E-state index in [0.717, 1.165) is 170 Å². The van der Waals surface area contributed by atoms with Crippen LogP contribution in [0.5, 0.6) is 0 Å². The highest BCUT2D eigenvalue weighted by Crippen LogP contribution is 2.52. The van der Waals surface area contributed by atoms with E-state index >= 15 is 0 Å². The molecule has 0 aliphatic rings. The van der Waals surface area contributed by atoms with Gasteiger partial charge in [0.15, 0.2) is 0 Å². The highest BCUT2D eigenvalue weighted by molar-refractivity contribution is 6.27. The van der Waals surface area contributed by atoms with Gasteiger partial charge < -0.3 is 13.3 Å². The van der Waals surface area contributed by atoms with Gasteiger partial charge in [0.1, 0.15) is 33.5 Å². The number of benzene rings is 25. The van der Waals surface area contributed by atoms with E-state index < -0.39 is 114 Å². The van der Waals surface area contributed by atoms with Crippen molar-refractivity contribution in [2.24, 2.45) is 0 Å². The van der Waals surface area contributed by atoms with Crippen molar-refractivity contribution in [3.05, 3.63) is 533 Å². The monoisotopic (exact) mass is 1820 g/mol. The second-order valence-electron chi connectivity index (χ2n) is 34.5. The van der Waals surface area contributed by atoms with Crippen molar-refractivity contribution < 1.29 is 48.9 Å². The van der Waals surface area contributed by atoms with E-state index in [2.05, 4.69) is 218 Å². The Hall–Kier alpha value is -18.5. The minimum absolute atomic E-state index is 0.0423. The smallest absolute Gasteiger partial charge is 0.143 e. The molecule has 0 aliphatic heterocycles. The Morgan fingerprint density at radius 2 is 0.461 bits per heavy atom. The maximum absolute atomic E-state index is 9.60. The maximum Gasteiger partial charge on any atom is 0.143 e. The zero-order valence-corrected chi connectivity index (χ0v) is 75.0. The molecule has 28 aromatic rings. The molecule has 28 rings (SSSR count). The molecule has 0 bridgehead atoms. The summed E-state index contributed by atoms with van der Waals surface area (Å²) >= 11 is 0. The summed E-state index contributed by atoms with van der Waals surface area (Å²) in [6.45, 7) is 0. The van der Waals surface area contributed by atoms with Crippen LogP contribution in [0, 0.1) is 0 Å². The molecule has 0 spiro atoms. The number of hydrogen-bond donors (Lipinski definition) is 0. The molecule has 141 heavy (non-hydrogen) atoms. The molecule has 3 nitrogen and oxygen atoms in total. The molecular formula is C138H88O3. The molecule has 3 aromatic heterocycles. The highest BCUT2D eigenvalue weighted by atomic mass is 16.3. The van der Waals surface area contributed by atoms with Crippen molar-refractivity contribution in [3.63, 3.8) is 0 Å². The molecule has 0 saturated heterocycles. The molecule has 0 unspecified atom stereocenters. The average molecular weight is 1820 g/mol. The van der Waals surface area contributed by atoms with Gasteiger partial charge in [0.25, 0.3) is 0 Å². The van der Waals surface area contributed by atoms with Crippen LogP contribution in [0.1, 0.15) is 35.6 Å². The van der Waals surface area contributed by atoms with Crippen LogP contribution in [0.3, 0.4) is 0 Å². The zero-order valence-electron chi connectivity index (χ0n) is 101. The molecule has 0 fully saturated rings. The van der Waals surface area contributed by atoms with Crippen LogP contribution in [-0.4, -0.2) is 0 Å². The molecule has 3 heterocycles. The second-order valence-corrected chi connectivity index (χ2v) is 34.5. The molecule has 0 N–H and O–H groups in total. The summed E-state index contributed by atoms with van der Waals surface area (Å²) in [5.74, 6) is 0. The maximum atomic E-state index is 9.60. The van der Waals surface area contributed by atoms with Crippen molar-refractivity contribution in [1.82, 2.24) is 0 Å². The van der Waals surface area contributed by atoms with Crippen LogP contribution in [-0.2, 0) is 0 Å². The summed E-state index contributed by atoms with van der Waals surface area (Å²) < 4.78 is 244. The first-order valence-corrected chi connectivity index (χ1v) is 46.3. The minimum atomic E-state index is -0.701. The Morgan fingerprint density at radius 3 is 0.915 bits per heavy atom. The molecule has 0 aliphatic carbocycles. The molecule has 0 atom stereocenters. The van der Waals surface area contributed by atoms with Gasteiger partial charge in [-0.15, -0.1) is 0 Å². The molecule has 0 saturated carbocycles. The summed E-state index contributed by atoms with van der Waals surface area (Å²) in [6.07, 6.45) is 0. The fraction of sp³-hybridized carbons (Fsp3) is 0. The second kappa shape index (κ2) is 35.6. The molecule has 658 valence electrons. The normalized spacial score (nSPS) is 14.1. The summed E-state index contributed by atoms with van der Waals surface area (Å²) in [6, 6.07) is 114. The predicted molar refractivity (Wildman–Crippen MR) is 597 cm³/mol. The third-order valence-corrected chi connectivity index (χ3v) is 26.6. The van der Waals surface area contributed by atoms with Crippen molar-refractivity contribution in [2.45, 2.75) is 0 Å². The highest BCUT2D eigenvalue weighted by Gasteiger charge is 2.26. The lowest BCUT2D eigenvalue weighted by Gasteiger charge is -2.17. The zero-order chi connectivity index (χ0) is 116. The lowest BCUT2D eigenvalue weighted by Crippen LogP contribution is -1.90. The largest absolute Gasteiger partial charge is 0.456 e. The Balaban J connectivity index is 0.000000123. The van der Waals surface area contributed by atoms with Crippen LogP contribution in [0.4, 0.5) is 0 Å². The minimum Gasteiger partial charge on any atom is -0.456 e. The lowest BCUT2D eigenvalue weighted by atomic mass is 9.85. The van der Waals surface area contributed by atoms with Gasteiger partial charge in [0.05, 0.1) is 35.6 Å².